The van der Waals surface area contributed by atoms with Crippen LogP contribution in [0.5, 0.6) is 0 Å². The van der Waals surface area contributed by atoms with Gasteiger partial charge in [0.2, 0.25) is 22.8 Å². The maximum Gasteiger partial charge on any atom is 0.249 e. The van der Waals surface area contributed by atoms with Gasteiger partial charge in [0.15, 0.2) is 0 Å². The summed E-state index contributed by atoms with van der Waals surface area (Å²) < 4.78 is 5.21. The highest BCUT2D eigenvalue weighted by atomic mass is 32.2. The molecule has 1 atom stereocenters. The van der Waals surface area contributed by atoms with Gasteiger partial charge in [0.25, 0.3) is 0 Å². The van der Waals surface area contributed by atoms with Crippen LogP contribution in [0.2, 0.25) is 0 Å². The Morgan fingerprint density at radius 2 is 2.28 bits per heavy atom. The van der Waals surface area contributed by atoms with Crippen LogP contribution in [0, 0.1) is 0 Å². The highest BCUT2D eigenvalue weighted by molar-refractivity contribution is 7.99. The standard InChI is InChI=1S/C15H17N7O2S/c1-3-11-18-15(21-20-11)25-8-12(23)17-9(2)14-19-13(22-24-14)10-6-4-5-7-16-10/h4-7,9H,3,8H2,1-2H3,(H,17,23)(H,18,20,21)/t9-/m1/s1. The number of aryl methyl sites for hydroxylation is 1. The number of nitrogens with one attached hydrogen (secondary N) is 2. The number of amides is 1. The molecule has 130 valence electrons. The van der Waals surface area contributed by atoms with Crippen LogP contribution in [0.3, 0.4) is 0 Å². The van der Waals surface area contributed by atoms with Crippen LogP contribution in [-0.4, -0.2) is 42.0 Å². The number of pyridine rings is 1. The molecule has 0 spiro atoms. The van der Waals surface area contributed by atoms with Gasteiger partial charge in [-0.25, -0.2) is 4.98 Å². The molecule has 3 heterocycles. The van der Waals surface area contributed by atoms with E-state index < -0.39 is 6.04 Å². The quantitative estimate of drug-likeness (QED) is 0.612. The predicted molar refractivity (Wildman–Crippen MR) is 90.6 cm³/mol. The van der Waals surface area contributed by atoms with E-state index in [1.165, 1.54) is 11.8 Å². The van der Waals surface area contributed by atoms with E-state index in [0.717, 1.165) is 12.2 Å². The van der Waals surface area contributed by atoms with Gasteiger partial charge in [-0.15, -0.1) is 5.10 Å². The number of nitrogens with zero attached hydrogens (tertiary/aromatic N) is 5. The van der Waals surface area contributed by atoms with Gasteiger partial charge in [0.1, 0.15) is 17.6 Å². The topological polar surface area (TPSA) is 122 Å². The van der Waals surface area contributed by atoms with Crippen LogP contribution in [0.4, 0.5) is 0 Å². The molecule has 3 aromatic rings. The number of aromatic amines is 1. The molecule has 10 heteroatoms. The zero-order chi connectivity index (χ0) is 17.6. The van der Waals surface area contributed by atoms with E-state index in [1.807, 2.05) is 19.1 Å². The van der Waals surface area contributed by atoms with Crippen LogP contribution < -0.4 is 5.32 Å². The second-order valence-electron chi connectivity index (χ2n) is 5.17. The molecule has 0 aromatic carbocycles. The van der Waals surface area contributed by atoms with E-state index in [9.17, 15) is 4.79 Å². The minimum absolute atomic E-state index is 0.169. The van der Waals surface area contributed by atoms with Crippen molar-refractivity contribution in [3.63, 3.8) is 0 Å². The fraction of sp³-hybridized carbons (Fsp3) is 0.333. The van der Waals surface area contributed by atoms with Gasteiger partial charge in [-0.3, -0.25) is 14.9 Å². The molecule has 3 aromatic heterocycles. The second kappa shape index (κ2) is 7.88. The van der Waals surface area contributed by atoms with Crippen LogP contribution in [-0.2, 0) is 11.2 Å². The first kappa shape index (κ1) is 17.1. The molecule has 0 aliphatic heterocycles. The SMILES string of the molecule is CCc1nc(SCC(=O)N[C@H](C)c2nc(-c3ccccn3)no2)n[nH]1. The van der Waals surface area contributed by atoms with Gasteiger partial charge in [-0.2, -0.15) is 4.98 Å². The summed E-state index contributed by atoms with van der Waals surface area (Å²) in [4.78, 5) is 24.7. The van der Waals surface area contributed by atoms with Crippen molar-refractivity contribution in [2.75, 3.05) is 5.75 Å². The van der Waals surface area contributed by atoms with Gasteiger partial charge in [-0.05, 0) is 19.1 Å². The average Bonchev–Trinajstić information content (AvgIpc) is 3.30. The molecule has 0 aliphatic carbocycles. The average molecular weight is 359 g/mol. The van der Waals surface area contributed by atoms with Gasteiger partial charge in [-0.1, -0.05) is 29.9 Å². The number of H-pyrrole nitrogens is 1. The van der Waals surface area contributed by atoms with E-state index >= 15 is 0 Å². The highest BCUT2D eigenvalue weighted by Gasteiger charge is 2.18. The molecule has 0 aliphatic rings. The van der Waals surface area contributed by atoms with Crippen LogP contribution in [0.15, 0.2) is 34.1 Å². The Bertz CT molecular complexity index is 833. The molecule has 9 nitrogen and oxygen atoms in total. The van der Waals surface area contributed by atoms with Crippen molar-refractivity contribution in [2.45, 2.75) is 31.5 Å². The number of carbonyl (C=O) groups excluding carboxylic acids is 1. The first-order chi connectivity index (χ1) is 12.2. The van der Waals surface area contributed by atoms with E-state index in [1.54, 1.807) is 19.2 Å². The van der Waals surface area contributed by atoms with Gasteiger partial charge in [0, 0.05) is 12.6 Å². The Labute approximate surface area is 148 Å². The smallest absolute Gasteiger partial charge is 0.249 e. The first-order valence-corrected chi connectivity index (χ1v) is 8.72. The predicted octanol–water partition coefficient (Wildman–Crippen LogP) is 1.78. The van der Waals surface area contributed by atoms with Crippen molar-refractivity contribution >= 4 is 17.7 Å². The summed E-state index contributed by atoms with van der Waals surface area (Å²) in [7, 11) is 0. The van der Waals surface area contributed by atoms with Crippen LogP contribution in [0.1, 0.15) is 31.6 Å². The first-order valence-electron chi connectivity index (χ1n) is 7.74. The van der Waals surface area contributed by atoms with Crippen molar-refractivity contribution in [2.24, 2.45) is 0 Å². The van der Waals surface area contributed by atoms with E-state index in [0.29, 0.717) is 22.6 Å². The van der Waals surface area contributed by atoms with Crippen LogP contribution in [0.25, 0.3) is 11.5 Å². The lowest BCUT2D eigenvalue weighted by atomic mass is 10.3. The highest BCUT2D eigenvalue weighted by Crippen LogP contribution is 2.17. The van der Waals surface area contributed by atoms with Crippen molar-refractivity contribution in [3.05, 3.63) is 36.1 Å². The molecule has 25 heavy (non-hydrogen) atoms. The number of aromatic nitrogens is 6. The number of carbonyl (C=O) groups is 1. The summed E-state index contributed by atoms with van der Waals surface area (Å²) in [6, 6.07) is 5.03. The molecule has 0 unspecified atom stereocenters. The normalized spacial score (nSPS) is 12.1. The minimum Gasteiger partial charge on any atom is -0.344 e. The fourth-order valence-corrected chi connectivity index (χ4v) is 2.61. The Balaban J connectivity index is 1.54. The monoisotopic (exact) mass is 359 g/mol. The summed E-state index contributed by atoms with van der Waals surface area (Å²) in [5.74, 6) is 1.54. The van der Waals surface area contributed by atoms with Gasteiger partial charge < -0.3 is 9.84 Å². The van der Waals surface area contributed by atoms with Crippen molar-refractivity contribution in [1.82, 2.24) is 35.6 Å². The van der Waals surface area contributed by atoms with Gasteiger partial charge >= 0.3 is 0 Å². The number of hydrogen-bond acceptors (Lipinski definition) is 8. The molecule has 0 radical (unpaired) electrons. The lowest BCUT2D eigenvalue weighted by Crippen LogP contribution is -2.28. The second-order valence-corrected chi connectivity index (χ2v) is 6.11. The Morgan fingerprint density at radius 1 is 1.40 bits per heavy atom. The molecule has 3 rings (SSSR count). The van der Waals surface area contributed by atoms with Crippen molar-refractivity contribution < 1.29 is 9.32 Å². The van der Waals surface area contributed by atoms with E-state index in [2.05, 4.69) is 35.6 Å². The molecular formula is C15H17N7O2S. The lowest BCUT2D eigenvalue weighted by molar-refractivity contribution is -0.119. The summed E-state index contributed by atoms with van der Waals surface area (Å²) in [6.45, 7) is 3.76. The molecule has 0 fully saturated rings. The zero-order valence-electron chi connectivity index (χ0n) is 13.8. The Morgan fingerprint density at radius 3 is 3.00 bits per heavy atom. The van der Waals surface area contributed by atoms with Gasteiger partial charge in [0.05, 0.1) is 5.75 Å². The molecule has 2 N–H and O–H groups in total. The zero-order valence-corrected chi connectivity index (χ0v) is 14.6. The van der Waals surface area contributed by atoms with Crippen molar-refractivity contribution in [1.29, 1.82) is 0 Å². The number of hydrogen-bond donors (Lipinski definition) is 2. The van der Waals surface area contributed by atoms with Crippen molar-refractivity contribution in [3.8, 4) is 11.5 Å². The molecule has 1 amide bonds. The summed E-state index contributed by atoms with van der Waals surface area (Å²) >= 11 is 1.26. The third-order valence-electron chi connectivity index (χ3n) is 3.26. The third kappa shape index (κ3) is 4.41. The molecule has 0 saturated heterocycles. The third-order valence-corrected chi connectivity index (χ3v) is 4.11. The van der Waals surface area contributed by atoms with E-state index in [-0.39, 0.29) is 11.7 Å². The molecule has 0 bridgehead atoms. The maximum absolute atomic E-state index is 12.1. The van der Waals surface area contributed by atoms with Crippen LogP contribution >= 0.6 is 11.8 Å². The fourth-order valence-electron chi connectivity index (χ4n) is 1.99. The molecular weight excluding hydrogens is 342 g/mol. The minimum atomic E-state index is -0.406. The number of rotatable bonds is 7. The maximum atomic E-state index is 12.1. The Hall–Kier alpha value is -2.75. The largest absolute Gasteiger partial charge is 0.344 e. The lowest BCUT2D eigenvalue weighted by Gasteiger charge is -2.08. The summed E-state index contributed by atoms with van der Waals surface area (Å²) in [6.07, 6.45) is 2.42. The Kier molecular flexibility index (Phi) is 5.39. The summed E-state index contributed by atoms with van der Waals surface area (Å²) in [5, 5.41) is 14.1. The number of thioether (sulfide) groups is 1. The van der Waals surface area contributed by atoms with E-state index in [4.69, 9.17) is 4.52 Å². The summed E-state index contributed by atoms with van der Waals surface area (Å²) in [5.41, 5.74) is 0.614. The molecule has 0 saturated carbocycles.